The average Bonchev–Trinajstić information content (AvgIpc) is 3.11. The van der Waals surface area contributed by atoms with Crippen LogP contribution in [-0.4, -0.2) is 34.4 Å². The molecule has 1 fully saturated rings. The summed E-state index contributed by atoms with van der Waals surface area (Å²) in [6.45, 7) is -0.265. The Labute approximate surface area is 193 Å². The summed E-state index contributed by atoms with van der Waals surface area (Å²) in [6, 6.07) is 7.11. The van der Waals surface area contributed by atoms with Crippen molar-refractivity contribution in [2.24, 2.45) is 0 Å². The van der Waals surface area contributed by atoms with Gasteiger partial charge in [-0.15, -0.1) is 0 Å². The van der Waals surface area contributed by atoms with E-state index >= 15 is 0 Å². The zero-order valence-electron chi connectivity index (χ0n) is 20.5. The summed E-state index contributed by atoms with van der Waals surface area (Å²) >= 11 is 5.71. The lowest BCUT2D eigenvalue weighted by atomic mass is 9.97. The number of amides is 3. The topological polar surface area (TPSA) is 83.6 Å². The molecule has 2 aliphatic heterocycles. The molecular formula is C23H19ClF2N2O4. The van der Waals surface area contributed by atoms with E-state index < -0.39 is 60.2 Å². The quantitative estimate of drug-likeness (QED) is 0.664. The Bertz CT molecular complexity index is 1290. The summed E-state index contributed by atoms with van der Waals surface area (Å²) in [5.74, 6) is -8.33. The van der Waals surface area contributed by atoms with E-state index in [4.69, 9.17) is 17.1 Å². The van der Waals surface area contributed by atoms with Gasteiger partial charge in [0.2, 0.25) is 17.6 Å². The largest absolute Gasteiger partial charge is 0.330 e. The molecule has 1 unspecified atom stereocenters. The Kier molecular flexibility index (Phi) is 4.59. The number of fused-ring (bicyclic) bond motifs is 1. The first-order valence-corrected chi connectivity index (χ1v) is 10.0. The van der Waals surface area contributed by atoms with Crippen LogP contribution in [0.15, 0.2) is 42.5 Å². The van der Waals surface area contributed by atoms with Crippen LogP contribution >= 0.6 is 11.6 Å². The third kappa shape index (κ3) is 4.14. The maximum atomic E-state index is 14.5. The van der Waals surface area contributed by atoms with Crippen molar-refractivity contribution in [2.75, 3.05) is 0 Å². The van der Waals surface area contributed by atoms with Crippen LogP contribution in [0.1, 0.15) is 51.7 Å². The van der Waals surface area contributed by atoms with Crippen molar-refractivity contribution >= 4 is 35.1 Å². The van der Waals surface area contributed by atoms with E-state index in [1.54, 1.807) is 5.32 Å². The summed E-state index contributed by atoms with van der Waals surface area (Å²) < 4.78 is 60.9. The molecule has 1 N–H and O–H groups in total. The van der Waals surface area contributed by atoms with Gasteiger partial charge in [-0.3, -0.25) is 24.5 Å². The van der Waals surface area contributed by atoms with E-state index in [-0.39, 0.29) is 23.6 Å². The van der Waals surface area contributed by atoms with Crippen molar-refractivity contribution < 1.29 is 33.4 Å². The van der Waals surface area contributed by atoms with Gasteiger partial charge in [0.15, 0.2) is 0 Å². The van der Waals surface area contributed by atoms with Crippen LogP contribution in [0.5, 0.6) is 0 Å². The first kappa shape index (κ1) is 17.4. The number of benzene rings is 2. The number of nitrogens with one attached hydrogen (secondary N) is 1. The lowest BCUT2D eigenvalue weighted by molar-refractivity contribution is -0.144. The summed E-state index contributed by atoms with van der Waals surface area (Å²) in [7, 11) is 0. The average molecular weight is 465 g/mol. The highest BCUT2D eigenvalue weighted by Crippen LogP contribution is 2.32. The van der Waals surface area contributed by atoms with Crippen LogP contribution in [0.4, 0.5) is 8.78 Å². The maximum absolute atomic E-state index is 14.5. The molecule has 0 aromatic heterocycles. The van der Waals surface area contributed by atoms with Crippen molar-refractivity contribution in [1.82, 2.24) is 10.2 Å². The van der Waals surface area contributed by atoms with E-state index in [0.29, 0.717) is 11.1 Å². The molecule has 9 heteroatoms. The number of halogens is 3. The van der Waals surface area contributed by atoms with Crippen molar-refractivity contribution in [3.05, 3.63) is 69.7 Å². The highest BCUT2D eigenvalue weighted by atomic mass is 35.5. The van der Waals surface area contributed by atoms with E-state index in [2.05, 4.69) is 0 Å². The van der Waals surface area contributed by atoms with E-state index in [1.165, 1.54) is 30.3 Å². The molecule has 0 saturated carbocycles. The van der Waals surface area contributed by atoms with Crippen molar-refractivity contribution in [1.29, 1.82) is 0 Å². The Morgan fingerprint density at radius 3 is 2.62 bits per heavy atom. The molecule has 0 spiro atoms. The van der Waals surface area contributed by atoms with Gasteiger partial charge in [0, 0.05) is 41.0 Å². The van der Waals surface area contributed by atoms with Crippen LogP contribution in [-0.2, 0) is 33.3 Å². The van der Waals surface area contributed by atoms with Crippen molar-refractivity contribution in [3.63, 3.8) is 0 Å². The fourth-order valence-electron chi connectivity index (χ4n) is 3.63. The minimum absolute atomic E-state index is 0.0642. The van der Waals surface area contributed by atoms with Crippen LogP contribution in [0, 0.1) is 0 Å². The summed E-state index contributed by atoms with van der Waals surface area (Å²) in [5.41, 5.74) is 0.462. The monoisotopic (exact) mass is 464 g/mol. The van der Waals surface area contributed by atoms with Gasteiger partial charge in [-0.1, -0.05) is 35.9 Å². The summed E-state index contributed by atoms with van der Waals surface area (Å²) in [4.78, 5) is 50.3. The summed E-state index contributed by atoms with van der Waals surface area (Å²) in [6.07, 6.45) is -6.64. The third-order valence-corrected chi connectivity index (χ3v) is 5.57. The minimum atomic E-state index is -3.72. The van der Waals surface area contributed by atoms with Crippen LogP contribution in [0.3, 0.4) is 0 Å². The van der Waals surface area contributed by atoms with Gasteiger partial charge in [-0.2, -0.15) is 8.78 Å². The number of carbonyl (C=O) groups is 4. The maximum Gasteiger partial charge on any atom is 0.330 e. The molecule has 0 aliphatic carbocycles. The number of hydrogen-bond acceptors (Lipinski definition) is 4. The molecule has 166 valence electrons. The van der Waals surface area contributed by atoms with Gasteiger partial charge >= 0.3 is 5.92 Å². The zero-order valence-corrected chi connectivity index (χ0v) is 17.2. The number of Topliss-reactive ketones (excluding diaryl/α,β-unsaturated/α-hetero) is 1. The predicted octanol–water partition coefficient (Wildman–Crippen LogP) is 3.39. The second kappa shape index (κ2) is 8.43. The molecular weight excluding hydrogens is 442 g/mol. The minimum Gasteiger partial charge on any atom is -0.322 e. The number of carbonyl (C=O) groups excluding carboxylic acids is 4. The molecule has 1 atom stereocenters. The fourth-order valence-corrected chi connectivity index (χ4v) is 3.75. The van der Waals surface area contributed by atoms with Crippen LogP contribution in [0.25, 0.3) is 0 Å². The Morgan fingerprint density at radius 2 is 1.91 bits per heavy atom. The van der Waals surface area contributed by atoms with Gasteiger partial charge in [0.25, 0.3) is 5.91 Å². The number of hydrogen-bond donors (Lipinski definition) is 1. The second-order valence-electron chi connectivity index (χ2n) is 7.42. The van der Waals surface area contributed by atoms with Gasteiger partial charge in [0.1, 0.15) is 6.04 Å². The third-order valence-electron chi connectivity index (χ3n) is 5.32. The molecule has 2 aliphatic rings. The number of alkyl halides is 2. The van der Waals surface area contributed by atoms with Crippen LogP contribution < -0.4 is 5.32 Å². The molecule has 32 heavy (non-hydrogen) atoms. The molecule has 4 rings (SSSR count). The molecule has 3 amide bonds. The smallest absolute Gasteiger partial charge is 0.322 e. The molecule has 1 saturated heterocycles. The van der Waals surface area contributed by atoms with E-state index in [1.807, 2.05) is 0 Å². The van der Waals surface area contributed by atoms with Gasteiger partial charge in [0.05, 0.1) is 0 Å². The molecule has 6 nitrogen and oxygen atoms in total. The molecule has 2 aromatic rings. The van der Waals surface area contributed by atoms with Gasteiger partial charge < -0.3 is 4.90 Å². The number of aryl methyl sites for hydroxylation is 1. The lowest BCUT2D eigenvalue weighted by Crippen LogP contribution is -2.52. The Balaban J connectivity index is 1.50. The number of nitrogens with zero attached hydrogens (tertiary/aromatic N) is 1. The molecule has 0 bridgehead atoms. The Morgan fingerprint density at radius 1 is 1.19 bits per heavy atom. The Hall–Kier alpha value is -3.13. The summed E-state index contributed by atoms with van der Waals surface area (Å²) in [5, 5.41) is 2.03. The molecule has 2 heterocycles. The molecule has 2 aromatic carbocycles. The molecule has 0 radical (unpaired) electrons. The van der Waals surface area contributed by atoms with E-state index in [0.717, 1.165) is 17.0 Å². The lowest BCUT2D eigenvalue weighted by Gasteiger charge is -2.29. The SMILES string of the molecule is [2H]C1([2H])C(=O)NC(=O)C(N2Cc3cc(CCC(=O)C(F)(F)c4ccc(Cl)cc4)ccc3C2=O)C1([2H])[2H]. The normalized spacial score (nSPS) is 23.5. The number of piperidine rings is 1. The van der Waals surface area contributed by atoms with Crippen molar-refractivity contribution in [3.8, 4) is 0 Å². The zero-order chi connectivity index (χ0) is 26.6. The van der Waals surface area contributed by atoms with Crippen molar-refractivity contribution in [2.45, 2.75) is 44.1 Å². The standard InChI is InChI=1S/C23H19ClF2N2O4/c24-16-5-3-15(4-6-16)23(25,26)19(29)9-2-13-1-7-17-14(11-13)12-28(22(17)32)18-8-10-20(30)27-21(18)31/h1,3-7,11,18H,2,8-10,12H2,(H,27,30,31)/i8D2,10D2. The highest BCUT2D eigenvalue weighted by molar-refractivity contribution is 6.30. The second-order valence-corrected chi connectivity index (χ2v) is 7.86. The van der Waals surface area contributed by atoms with E-state index in [9.17, 15) is 28.0 Å². The highest BCUT2D eigenvalue weighted by Gasteiger charge is 2.41. The van der Waals surface area contributed by atoms with Gasteiger partial charge in [-0.25, -0.2) is 0 Å². The number of imide groups is 1. The van der Waals surface area contributed by atoms with Crippen LogP contribution in [0.2, 0.25) is 5.02 Å². The first-order chi connectivity index (χ1) is 16.7. The number of ketones is 1. The number of rotatable bonds is 6. The fraction of sp³-hybridized carbons (Fsp3) is 0.304. The van der Waals surface area contributed by atoms with Gasteiger partial charge in [-0.05, 0) is 42.1 Å². The first-order valence-electron chi connectivity index (χ1n) is 11.6. The predicted molar refractivity (Wildman–Crippen MR) is 111 cm³/mol.